The Morgan fingerprint density at radius 3 is 2.00 bits per heavy atom. The Labute approximate surface area is 103 Å². The molecular weight excluding hydrogens is 271 g/mol. The first-order valence-electron chi connectivity index (χ1n) is 5.11. The summed E-state index contributed by atoms with van der Waals surface area (Å²) in [6.45, 7) is 0. The van der Waals surface area contributed by atoms with Crippen molar-refractivity contribution >= 4 is 0 Å². The second-order valence-corrected chi connectivity index (χ2v) is 3.74. The van der Waals surface area contributed by atoms with Gasteiger partial charge in [-0.1, -0.05) is 0 Å². The maximum absolute atomic E-state index is 13.4. The van der Waals surface area contributed by atoms with Crippen LogP contribution in [0.2, 0.25) is 0 Å². The average Bonchev–Trinajstić information content (AvgIpc) is 2.87. The summed E-state index contributed by atoms with van der Waals surface area (Å²) in [5.41, 5.74) is -1.27. The van der Waals surface area contributed by atoms with E-state index in [0.717, 1.165) is 0 Å². The fourth-order valence-electron chi connectivity index (χ4n) is 1.61. The molecule has 0 spiro atoms. The largest absolute Gasteiger partial charge is 0.388 e. The molecule has 2 rings (SSSR count). The zero-order chi connectivity index (χ0) is 14.2. The predicted octanol–water partition coefficient (Wildman–Crippen LogP) is 2.38. The van der Waals surface area contributed by atoms with E-state index in [1.54, 1.807) is 0 Å². The van der Waals surface area contributed by atoms with Crippen molar-refractivity contribution in [3.8, 4) is 0 Å². The van der Waals surface area contributed by atoms with Gasteiger partial charge in [0.05, 0.1) is 11.7 Å². The van der Waals surface area contributed by atoms with Crippen molar-refractivity contribution in [1.29, 1.82) is 0 Å². The van der Waals surface area contributed by atoms with Crippen LogP contribution in [0.1, 0.15) is 17.5 Å². The zero-order valence-corrected chi connectivity index (χ0v) is 9.22. The zero-order valence-electron chi connectivity index (χ0n) is 9.22. The van der Waals surface area contributed by atoms with E-state index in [9.17, 15) is 27.1 Å². The lowest BCUT2D eigenvalue weighted by atomic mass is 10.0. The summed E-state index contributed by atoms with van der Waals surface area (Å²) in [6.07, 6.45) is 0.391. The molecule has 1 aromatic carbocycles. The Bertz CT molecular complexity index is 571. The molecule has 1 aromatic heterocycles. The monoisotopic (exact) mass is 278 g/mol. The van der Waals surface area contributed by atoms with Gasteiger partial charge >= 0.3 is 0 Å². The quantitative estimate of drug-likeness (QED) is 0.514. The van der Waals surface area contributed by atoms with E-state index in [1.807, 2.05) is 0 Å². The number of hydrogen-bond acceptors (Lipinski definition) is 2. The highest BCUT2D eigenvalue weighted by atomic mass is 19.2. The molecule has 1 heterocycles. The number of rotatable bonds is 3. The molecule has 0 saturated heterocycles. The lowest BCUT2D eigenvalue weighted by Gasteiger charge is -2.13. The molecule has 0 amide bonds. The predicted molar refractivity (Wildman–Crippen MR) is 53.5 cm³/mol. The van der Waals surface area contributed by atoms with E-state index in [4.69, 9.17) is 0 Å². The summed E-state index contributed by atoms with van der Waals surface area (Å²) in [5.74, 6) is -10.4. The Morgan fingerprint density at radius 1 is 1.00 bits per heavy atom. The van der Waals surface area contributed by atoms with Gasteiger partial charge in [-0.05, 0) is 0 Å². The molecule has 8 heteroatoms. The van der Waals surface area contributed by atoms with Crippen LogP contribution in [0.5, 0.6) is 0 Å². The lowest BCUT2D eigenvalue weighted by molar-refractivity contribution is 0.161. The van der Waals surface area contributed by atoms with Crippen LogP contribution >= 0.6 is 0 Å². The number of halogens is 5. The molecule has 0 saturated carbocycles. The molecule has 0 bridgehead atoms. The van der Waals surface area contributed by atoms with E-state index in [0.29, 0.717) is 0 Å². The van der Waals surface area contributed by atoms with Crippen LogP contribution in [0.25, 0.3) is 0 Å². The van der Waals surface area contributed by atoms with Crippen molar-refractivity contribution in [2.24, 2.45) is 0 Å². The summed E-state index contributed by atoms with van der Waals surface area (Å²) >= 11 is 0. The summed E-state index contributed by atoms with van der Waals surface area (Å²) in [5, 5.41) is 9.60. The van der Waals surface area contributed by atoms with Gasteiger partial charge in [-0.3, -0.25) is 0 Å². The maximum atomic E-state index is 13.4. The Balaban J connectivity index is 2.44. The van der Waals surface area contributed by atoms with Crippen LogP contribution in [0.4, 0.5) is 22.0 Å². The molecule has 0 radical (unpaired) electrons. The Hall–Kier alpha value is -1.96. The first kappa shape index (κ1) is 13.5. The number of aliphatic hydroxyl groups is 1. The molecule has 0 fully saturated rings. The third kappa shape index (κ3) is 2.30. The van der Waals surface area contributed by atoms with Gasteiger partial charge in [0.2, 0.25) is 5.82 Å². The topological polar surface area (TPSA) is 48.9 Å². The summed E-state index contributed by atoms with van der Waals surface area (Å²) in [4.78, 5) is 6.22. The van der Waals surface area contributed by atoms with Gasteiger partial charge in [0.15, 0.2) is 23.3 Å². The molecule has 0 aliphatic heterocycles. The van der Waals surface area contributed by atoms with Gasteiger partial charge in [-0.25, -0.2) is 26.9 Å². The van der Waals surface area contributed by atoms with Gasteiger partial charge in [0.1, 0.15) is 5.82 Å². The van der Waals surface area contributed by atoms with Crippen LogP contribution in [0.15, 0.2) is 12.4 Å². The number of imidazole rings is 1. The Morgan fingerprint density at radius 2 is 1.53 bits per heavy atom. The molecule has 19 heavy (non-hydrogen) atoms. The SMILES string of the molecule is OC(Cc1ncc[nH]1)c1c(F)c(F)c(F)c(F)c1F. The third-order valence-corrected chi connectivity index (χ3v) is 2.52. The number of aromatic nitrogens is 2. The first-order valence-corrected chi connectivity index (χ1v) is 5.11. The molecule has 102 valence electrons. The first-order chi connectivity index (χ1) is 8.93. The van der Waals surface area contributed by atoms with Crippen LogP contribution in [0.3, 0.4) is 0 Å². The number of aliphatic hydroxyl groups excluding tert-OH is 1. The van der Waals surface area contributed by atoms with Gasteiger partial charge in [-0.15, -0.1) is 0 Å². The maximum Gasteiger partial charge on any atom is 0.200 e. The number of nitrogens with zero attached hydrogens (tertiary/aromatic N) is 1. The molecule has 3 nitrogen and oxygen atoms in total. The van der Waals surface area contributed by atoms with Crippen molar-refractivity contribution in [2.75, 3.05) is 0 Å². The van der Waals surface area contributed by atoms with E-state index in [1.165, 1.54) is 12.4 Å². The van der Waals surface area contributed by atoms with Crippen molar-refractivity contribution < 1.29 is 27.1 Å². The molecule has 1 atom stereocenters. The van der Waals surface area contributed by atoms with Crippen molar-refractivity contribution in [3.05, 3.63) is 52.9 Å². The van der Waals surface area contributed by atoms with Crippen LogP contribution < -0.4 is 0 Å². The minimum Gasteiger partial charge on any atom is -0.388 e. The standard InChI is InChI=1S/C11H7F5N2O/c12-7-6(4(19)3-5-17-1-2-18-5)8(13)10(15)11(16)9(7)14/h1-2,4,19H,3H2,(H,17,18). The van der Waals surface area contributed by atoms with E-state index in [-0.39, 0.29) is 5.82 Å². The minimum atomic E-state index is -2.26. The van der Waals surface area contributed by atoms with E-state index < -0.39 is 47.2 Å². The molecule has 1 unspecified atom stereocenters. The highest BCUT2D eigenvalue weighted by Crippen LogP contribution is 2.29. The van der Waals surface area contributed by atoms with E-state index in [2.05, 4.69) is 9.97 Å². The molecular formula is C11H7F5N2O. The second kappa shape index (κ2) is 4.96. The lowest BCUT2D eigenvalue weighted by Crippen LogP contribution is -2.13. The summed E-state index contributed by atoms with van der Waals surface area (Å²) in [6, 6.07) is 0. The number of aromatic amines is 1. The molecule has 0 aliphatic carbocycles. The fourth-order valence-corrected chi connectivity index (χ4v) is 1.61. The molecule has 0 aliphatic rings. The highest BCUT2D eigenvalue weighted by Gasteiger charge is 2.29. The minimum absolute atomic E-state index is 0.149. The molecule has 2 N–H and O–H groups in total. The highest BCUT2D eigenvalue weighted by molar-refractivity contribution is 5.26. The number of hydrogen-bond donors (Lipinski definition) is 2. The fraction of sp³-hybridized carbons (Fsp3) is 0.182. The second-order valence-electron chi connectivity index (χ2n) is 3.74. The van der Waals surface area contributed by atoms with Crippen molar-refractivity contribution in [1.82, 2.24) is 9.97 Å². The van der Waals surface area contributed by atoms with Gasteiger partial charge in [-0.2, -0.15) is 0 Å². The smallest absolute Gasteiger partial charge is 0.200 e. The number of H-pyrrole nitrogens is 1. The van der Waals surface area contributed by atoms with Crippen molar-refractivity contribution in [2.45, 2.75) is 12.5 Å². The van der Waals surface area contributed by atoms with Crippen LogP contribution in [-0.4, -0.2) is 15.1 Å². The summed E-state index contributed by atoms with van der Waals surface area (Å²) in [7, 11) is 0. The number of benzene rings is 1. The number of nitrogens with one attached hydrogen (secondary N) is 1. The van der Waals surface area contributed by atoms with Crippen molar-refractivity contribution in [3.63, 3.8) is 0 Å². The summed E-state index contributed by atoms with van der Waals surface area (Å²) < 4.78 is 65.4. The normalized spacial score (nSPS) is 12.7. The van der Waals surface area contributed by atoms with Gasteiger partial charge in [0, 0.05) is 18.8 Å². The van der Waals surface area contributed by atoms with Gasteiger partial charge in [0.25, 0.3) is 0 Å². The third-order valence-electron chi connectivity index (χ3n) is 2.52. The van der Waals surface area contributed by atoms with Crippen LogP contribution in [-0.2, 0) is 6.42 Å². The van der Waals surface area contributed by atoms with E-state index >= 15 is 0 Å². The average molecular weight is 278 g/mol. The Kier molecular flexibility index (Phi) is 3.52. The molecule has 2 aromatic rings. The van der Waals surface area contributed by atoms with Gasteiger partial charge < -0.3 is 10.1 Å². The van der Waals surface area contributed by atoms with Crippen LogP contribution in [0, 0.1) is 29.1 Å².